The molecule has 0 saturated heterocycles. The maximum Gasteiger partial charge on any atom is 0.109 e. The fourth-order valence-electron chi connectivity index (χ4n) is 2.18. The highest BCUT2D eigenvalue weighted by Gasteiger charge is 2.15. The Bertz CT molecular complexity index is 427. The van der Waals surface area contributed by atoms with Crippen LogP contribution in [-0.2, 0) is 19.5 Å². The summed E-state index contributed by atoms with van der Waals surface area (Å²) in [6.45, 7) is 11.8. The van der Waals surface area contributed by atoms with Crippen molar-refractivity contribution < 1.29 is 0 Å². The van der Waals surface area contributed by atoms with Crippen molar-refractivity contribution >= 4 is 5.57 Å². The minimum Gasteiger partial charge on any atom is -0.331 e. The summed E-state index contributed by atoms with van der Waals surface area (Å²) in [6.07, 6.45) is 7.33. The molecule has 2 N–H and O–H groups in total. The number of hydrogen-bond acceptors (Lipinski definition) is 2. The third kappa shape index (κ3) is 3.10. The summed E-state index contributed by atoms with van der Waals surface area (Å²) in [6, 6.07) is 0. The van der Waals surface area contributed by atoms with Crippen molar-refractivity contribution in [3.8, 4) is 0 Å². The standard InChI is InChI=1S/C15H25N3/c1-5-8-10-14-17-15(12(4)9-6-2)13(11-16)18(14)7-3/h6,9H,4-5,7-8,10-11,16H2,1-3H3. The molecule has 0 saturated carbocycles. The Morgan fingerprint density at radius 2 is 2.17 bits per heavy atom. The number of imidazole rings is 1. The number of allylic oxidation sites excluding steroid dienone is 3. The Balaban J connectivity index is 3.17. The Labute approximate surface area is 110 Å². The van der Waals surface area contributed by atoms with Crippen molar-refractivity contribution in [2.75, 3.05) is 0 Å². The molecule has 0 bridgehead atoms. The van der Waals surface area contributed by atoms with Crippen LogP contribution in [0.1, 0.15) is 50.8 Å². The van der Waals surface area contributed by atoms with Gasteiger partial charge in [-0.25, -0.2) is 4.98 Å². The van der Waals surface area contributed by atoms with Gasteiger partial charge in [0, 0.05) is 19.5 Å². The van der Waals surface area contributed by atoms with Gasteiger partial charge in [0.05, 0.1) is 11.4 Å². The van der Waals surface area contributed by atoms with E-state index in [-0.39, 0.29) is 0 Å². The van der Waals surface area contributed by atoms with Gasteiger partial charge in [0.2, 0.25) is 0 Å². The van der Waals surface area contributed by atoms with E-state index in [0.717, 1.165) is 42.2 Å². The van der Waals surface area contributed by atoms with E-state index in [0.29, 0.717) is 6.54 Å². The number of aryl methyl sites for hydroxylation is 1. The fourth-order valence-corrected chi connectivity index (χ4v) is 2.18. The number of unbranched alkanes of at least 4 members (excludes halogenated alkanes) is 1. The van der Waals surface area contributed by atoms with Gasteiger partial charge >= 0.3 is 0 Å². The molecule has 0 aliphatic carbocycles. The third-order valence-electron chi connectivity index (χ3n) is 3.09. The number of hydrogen-bond donors (Lipinski definition) is 1. The van der Waals surface area contributed by atoms with Crippen LogP contribution < -0.4 is 5.73 Å². The van der Waals surface area contributed by atoms with E-state index in [4.69, 9.17) is 10.7 Å². The van der Waals surface area contributed by atoms with Gasteiger partial charge in [-0.1, -0.05) is 32.1 Å². The molecule has 18 heavy (non-hydrogen) atoms. The molecular formula is C15H25N3. The summed E-state index contributed by atoms with van der Waals surface area (Å²) in [5.74, 6) is 1.14. The van der Waals surface area contributed by atoms with Crippen LogP contribution >= 0.6 is 0 Å². The van der Waals surface area contributed by atoms with E-state index >= 15 is 0 Å². The van der Waals surface area contributed by atoms with Crippen molar-refractivity contribution in [2.45, 2.75) is 53.1 Å². The van der Waals surface area contributed by atoms with Gasteiger partial charge in [-0.05, 0) is 25.8 Å². The molecule has 0 aliphatic rings. The first-order valence-corrected chi connectivity index (χ1v) is 6.79. The summed E-state index contributed by atoms with van der Waals surface area (Å²) >= 11 is 0. The highest BCUT2D eigenvalue weighted by atomic mass is 15.1. The van der Waals surface area contributed by atoms with Crippen LogP contribution in [0.25, 0.3) is 5.57 Å². The molecule has 0 fully saturated rings. The predicted molar refractivity (Wildman–Crippen MR) is 78.3 cm³/mol. The van der Waals surface area contributed by atoms with E-state index in [2.05, 4.69) is 25.0 Å². The van der Waals surface area contributed by atoms with E-state index in [1.165, 1.54) is 6.42 Å². The van der Waals surface area contributed by atoms with Gasteiger partial charge in [0.25, 0.3) is 0 Å². The topological polar surface area (TPSA) is 43.8 Å². The lowest BCUT2D eigenvalue weighted by Crippen LogP contribution is -2.10. The first kappa shape index (κ1) is 14.7. The van der Waals surface area contributed by atoms with Crippen LogP contribution in [0.15, 0.2) is 18.7 Å². The molecule has 3 heteroatoms. The molecule has 1 heterocycles. The van der Waals surface area contributed by atoms with Crippen LogP contribution in [0.4, 0.5) is 0 Å². The molecule has 1 rings (SSSR count). The maximum absolute atomic E-state index is 5.88. The zero-order chi connectivity index (χ0) is 13.5. The SMILES string of the molecule is C=C(C=CC)c1nc(CCCC)n(CC)c1CN. The second-order valence-corrected chi connectivity index (χ2v) is 4.40. The molecule has 1 aromatic heterocycles. The molecule has 0 amide bonds. The molecule has 0 radical (unpaired) electrons. The largest absolute Gasteiger partial charge is 0.331 e. The van der Waals surface area contributed by atoms with Crippen molar-refractivity contribution in [1.29, 1.82) is 0 Å². The fraction of sp³-hybridized carbons (Fsp3) is 0.533. The van der Waals surface area contributed by atoms with Gasteiger partial charge in [0.1, 0.15) is 5.82 Å². The average Bonchev–Trinajstić information content (AvgIpc) is 2.74. The maximum atomic E-state index is 5.88. The van der Waals surface area contributed by atoms with Crippen molar-refractivity contribution in [3.05, 3.63) is 35.9 Å². The first-order valence-electron chi connectivity index (χ1n) is 6.79. The molecule has 3 nitrogen and oxygen atoms in total. The molecule has 0 aliphatic heterocycles. The molecular weight excluding hydrogens is 222 g/mol. The van der Waals surface area contributed by atoms with Crippen molar-refractivity contribution in [1.82, 2.24) is 9.55 Å². The van der Waals surface area contributed by atoms with Crippen LogP contribution in [-0.4, -0.2) is 9.55 Å². The van der Waals surface area contributed by atoms with Gasteiger partial charge in [0.15, 0.2) is 0 Å². The van der Waals surface area contributed by atoms with Crippen LogP contribution in [0.3, 0.4) is 0 Å². The summed E-state index contributed by atoms with van der Waals surface area (Å²) < 4.78 is 2.24. The average molecular weight is 247 g/mol. The number of nitrogens with two attached hydrogens (primary N) is 1. The monoisotopic (exact) mass is 247 g/mol. The second kappa shape index (κ2) is 7.17. The molecule has 1 aromatic rings. The molecule has 100 valence electrons. The van der Waals surface area contributed by atoms with E-state index in [1.807, 2.05) is 19.1 Å². The Morgan fingerprint density at radius 1 is 1.44 bits per heavy atom. The van der Waals surface area contributed by atoms with Gasteiger partial charge in [-0.2, -0.15) is 0 Å². The lowest BCUT2D eigenvalue weighted by molar-refractivity contribution is 0.638. The Kier molecular flexibility index (Phi) is 5.86. The van der Waals surface area contributed by atoms with Gasteiger partial charge in [-0.15, -0.1) is 0 Å². The number of nitrogens with zero attached hydrogens (tertiary/aromatic N) is 2. The highest BCUT2D eigenvalue weighted by Crippen LogP contribution is 2.21. The van der Waals surface area contributed by atoms with Gasteiger partial charge < -0.3 is 10.3 Å². The smallest absolute Gasteiger partial charge is 0.109 e. The summed E-state index contributed by atoms with van der Waals surface area (Å²) in [5.41, 5.74) is 8.89. The lowest BCUT2D eigenvalue weighted by Gasteiger charge is -2.08. The van der Waals surface area contributed by atoms with E-state index < -0.39 is 0 Å². The Morgan fingerprint density at radius 3 is 2.67 bits per heavy atom. The summed E-state index contributed by atoms with van der Waals surface area (Å²) in [5, 5.41) is 0. The van der Waals surface area contributed by atoms with Crippen molar-refractivity contribution in [2.24, 2.45) is 5.73 Å². The molecule has 0 spiro atoms. The predicted octanol–water partition coefficient (Wildman–Crippen LogP) is 3.29. The minimum atomic E-state index is 0.513. The molecule has 0 atom stereocenters. The summed E-state index contributed by atoms with van der Waals surface area (Å²) in [4.78, 5) is 4.74. The van der Waals surface area contributed by atoms with E-state index in [9.17, 15) is 0 Å². The second-order valence-electron chi connectivity index (χ2n) is 4.40. The molecule has 0 aromatic carbocycles. The first-order chi connectivity index (χ1) is 8.69. The van der Waals surface area contributed by atoms with Crippen LogP contribution in [0.2, 0.25) is 0 Å². The normalized spacial score (nSPS) is 11.3. The van der Waals surface area contributed by atoms with E-state index in [1.54, 1.807) is 0 Å². The van der Waals surface area contributed by atoms with Crippen molar-refractivity contribution in [3.63, 3.8) is 0 Å². The zero-order valence-corrected chi connectivity index (χ0v) is 11.9. The van der Waals surface area contributed by atoms with Crippen LogP contribution in [0.5, 0.6) is 0 Å². The zero-order valence-electron chi connectivity index (χ0n) is 11.9. The third-order valence-corrected chi connectivity index (χ3v) is 3.09. The number of rotatable bonds is 7. The van der Waals surface area contributed by atoms with Crippen LogP contribution in [0, 0.1) is 0 Å². The summed E-state index contributed by atoms with van der Waals surface area (Å²) in [7, 11) is 0. The highest BCUT2D eigenvalue weighted by molar-refractivity contribution is 5.71. The van der Waals surface area contributed by atoms with Gasteiger partial charge in [-0.3, -0.25) is 0 Å². The molecule has 0 unspecified atom stereocenters. The lowest BCUT2D eigenvalue weighted by atomic mass is 10.1. The Hall–Kier alpha value is -1.35. The minimum absolute atomic E-state index is 0.513. The quantitative estimate of drug-likeness (QED) is 0.751. The number of aromatic nitrogens is 2.